The first-order valence-corrected chi connectivity index (χ1v) is 5.51. The number of hydrogen-bond acceptors (Lipinski definition) is 0. The van der Waals surface area contributed by atoms with Gasteiger partial charge in [0.25, 0.3) is 0 Å². The van der Waals surface area contributed by atoms with Crippen LogP contribution in [0.1, 0.15) is 52.4 Å². The van der Waals surface area contributed by atoms with Crippen molar-refractivity contribution in [2.45, 2.75) is 52.4 Å². The molecule has 0 nitrogen and oxygen atoms in total. The summed E-state index contributed by atoms with van der Waals surface area (Å²) in [5, 5.41) is 0. The Kier molecular flexibility index (Phi) is 2.25. The van der Waals surface area contributed by atoms with E-state index >= 15 is 0 Å². The predicted octanol–water partition coefficient (Wildman–Crippen LogP) is 3.92. The largest absolute Gasteiger partial charge is 0.0679 e. The van der Waals surface area contributed by atoms with Crippen LogP contribution in [0.2, 0.25) is 0 Å². The number of allylic oxidation sites excluding steroid dienone is 2. The van der Waals surface area contributed by atoms with Crippen LogP contribution in [-0.4, -0.2) is 0 Å². The molecular formula is C12H20. The zero-order valence-corrected chi connectivity index (χ0v) is 8.40. The van der Waals surface area contributed by atoms with Crippen LogP contribution in [0.25, 0.3) is 0 Å². The Morgan fingerprint density at radius 1 is 0.833 bits per heavy atom. The van der Waals surface area contributed by atoms with Crippen LogP contribution in [0.5, 0.6) is 0 Å². The Balaban J connectivity index is 2.23. The Morgan fingerprint density at radius 3 is 2.33 bits per heavy atom. The molecule has 0 unspecified atom stereocenters. The zero-order valence-electron chi connectivity index (χ0n) is 8.40. The van der Waals surface area contributed by atoms with Gasteiger partial charge in [0.2, 0.25) is 0 Å². The van der Waals surface area contributed by atoms with Gasteiger partial charge in [0.1, 0.15) is 0 Å². The summed E-state index contributed by atoms with van der Waals surface area (Å²) in [7, 11) is 0. The lowest BCUT2D eigenvalue weighted by Crippen LogP contribution is -1.97. The molecule has 0 aromatic heterocycles. The van der Waals surface area contributed by atoms with Crippen molar-refractivity contribution in [2.75, 3.05) is 0 Å². The third-order valence-electron chi connectivity index (χ3n) is 3.78. The van der Waals surface area contributed by atoms with Crippen LogP contribution in [0.3, 0.4) is 0 Å². The number of rotatable bonds is 0. The molecule has 2 aliphatic rings. The van der Waals surface area contributed by atoms with Crippen molar-refractivity contribution in [3.8, 4) is 0 Å². The molecular weight excluding hydrogens is 144 g/mol. The van der Waals surface area contributed by atoms with E-state index in [9.17, 15) is 0 Å². The van der Waals surface area contributed by atoms with E-state index in [1.165, 1.54) is 38.5 Å². The van der Waals surface area contributed by atoms with Crippen LogP contribution in [-0.2, 0) is 0 Å². The highest BCUT2D eigenvalue weighted by molar-refractivity contribution is 5.25. The molecule has 0 radical (unpaired) electrons. The van der Waals surface area contributed by atoms with Crippen LogP contribution >= 0.6 is 0 Å². The molecule has 0 amide bonds. The minimum absolute atomic E-state index is 0.910. The van der Waals surface area contributed by atoms with Crippen molar-refractivity contribution in [2.24, 2.45) is 11.8 Å². The molecule has 68 valence electrons. The lowest BCUT2D eigenvalue weighted by molar-refractivity contribution is 0.548. The quantitative estimate of drug-likeness (QED) is 0.476. The van der Waals surface area contributed by atoms with Gasteiger partial charge in [-0.1, -0.05) is 31.4 Å². The molecule has 0 saturated heterocycles. The van der Waals surface area contributed by atoms with Crippen molar-refractivity contribution in [3.63, 3.8) is 0 Å². The SMILES string of the molecule is C[C@H]1CCCCC2=C1CC[C@@H]2C. The van der Waals surface area contributed by atoms with Gasteiger partial charge in [0.05, 0.1) is 0 Å². The van der Waals surface area contributed by atoms with Gasteiger partial charge < -0.3 is 0 Å². The van der Waals surface area contributed by atoms with Crippen LogP contribution < -0.4 is 0 Å². The van der Waals surface area contributed by atoms with E-state index in [0.717, 1.165) is 11.8 Å². The molecule has 0 aromatic carbocycles. The molecule has 0 saturated carbocycles. The lowest BCUT2D eigenvalue weighted by atomic mass is 9.95. The van der Waals surface area contributed by atoms with Gasteiger partial charge in [-0.2, -0.15) is 0 Å². The molecule has 0 heterocycles. The predicted molar refractivity (Wildman–Crippen MR) is 53.1 cm³/mol. The topological polar surface area (TPSA) is 0 Å². The highest BCUT2D eigenvalue weighted by atomic mass is 14.3. The third-order valence-corrected chi connectivity index (χ3v) is 3.78. The Labute approximate surface area is 76.1 Å². The Hall–Kier alpha value is -0.260. The molecule has 2 rings (SSSR count). The molecule has 12 heavy (non-hydrogen) atoms. The van der Waals surface area contributed by atoms with E-state index in [4.69, 9.17) is 0 Å². The first-order chi connectivity index (χ1) is 5.79. The fourth-order valence-electron chi connectivity index (χ4n) is 2.93. The average Bonchev–Trinajstić information content (AvgIpc) is 2.30. The molecule has 0 aromatic rings. The lowest BCUT2D eigenvalue weighted by Gasteiger charge is -2.11. The Morgan fingerprint density at radius 2 is 1.50 bits per heavy atom. The average molecular weight is 164 g/mol. The monoisotopic (exact) mass is 164 g/mol. The van der Waals surface area contributed by atoms with Gasteiger partial charge >= 0.3 is 0 Å². The summed E-state index contributed by atoms with van der Waals surface area (Å²) < 4.78 is 0. The first-order valence-electron chi connectivity index (χ1n) is 5.51. The molecule has 0 aliphatic heterocycles. The summed E-state index contributed by atoms with van der Waals surface area (Å²) in [5.41, 5.74) is 3.69. The van der Waals surface area contributed by atoms with Crippen molar-refractivity contribution in [1.82, 2.24) is 0 Å². The second kappa shape index (κ2) is 3.24. The highest BCUT2D eigenvalue weighted by Gasteiger charge is 2.26. The summed E-state index contributed by atoms with van der Waals surface area (Å²) in [5.74, 6) is 1.83. The maximum Gasteiger partial charge on any atom is -0.0226 e. The highest BCUT2D eigenvalue weighted by Crippen LogP contribution is 2.42. The fraction of sp³-hybridized carbons (Fsp3) is 0.833. The molecule has 0 fully saturated rings. The van der Waals surface area contributed by atoms with E-state index in [1.807, 2.05) is 11.1 Å². The van der Waals surface area contributed by atoms with E-state index in [1.54, 1.807) is 0 Å². The summed E-state index contributed by atoms with van der Waals surface area (Å²) >= 11 is 0. The third kappa shape index (κ3) is 1.32. The summed E-state index contributed by atoms with van der Waals surface area (Å²) in [6.45, 7) is 4.85. The second-order valence-electron chi connectivity index (χ2n) is 4.64. The molecule has 0 bridgehead atoms. The summed E-state index contributed by atoms with van der Waals surface area (Å²) in [4.78, 5) is 0. The van der Waals surface area contributed by atoms with Crippen molar-refractivity contribution < 1.29 is 0 Å². The maximum absolute atomic E-state index is 2.43. The van der Waals surface area contributed by atoms with Crippen LogP contribution in [0.15, 0.2) is 11.1 Å². The molecule has 2 atom stereocenters. The maximum atomic E-state index is 2.43. The molecule has 0 heteroatoms. The van der Waals surface area contributed by atoms with Crippen molar-refractivity contribution in [3.05, 3.63) is 11.1 Å². The molecule has 2 aliphatic carbocycles. The van der Waals surface area contributed by atoms with Gasteiger partial charge in [0.15, 0.2) is 0 Å². The summed E-state index contributed by atoms with van der Waals surface area (Å²) in [6.07, 6.45) is 8.63. The zero-order chi connectivity index (χ0) is 8.55. The normalized spacial score (nSPS) is 36.5. The fourth-order valence-corrected chi connectivity index (χ4v) is 2.93. The minimum Gasteiger partial charge on any atom is -0.0679 e. The number of hydrogen-bond donors (Lipinski definition) is 0. The van der Waals surface area contributed by atoms with Gasteiger partial charge in [-0.3, -0.25) is 0 Å². The van der Waals surface area contributed by atoms with Crippen LogP contribution in [0.4, 0.5) is 0 Å². The van der Waals surface area contributed by atoms with Gasteiger partial charge in [-0.25, -0.2) is 0 Å². The van der Waals surface area contributed by atoms with E-state index in [0.29, 0.717) is 0 Å². The molecule has 0 N–H and O–H groups in total. The standard InChI is InChI=1S/C12H20/c1-9-5-3-4-6-11-10(2)7-8-12(9)11/h9-10H,3-8H2,1-2H3/t9-,10-/m0/s1. The minimum atomic E-state index is 0.910. The van der Waals surface area contributed by atoms with Crippen molar-refractivity contribution >= 4 is 0 Å². The van der Waals surface area contributed by atoms with Gasteiger partial charge in [0, 0.05) is 0 Å². The second-order valence-corrected chi connectivity index (χ2v) is 4.64. The van der Waals surface area contributed by atoms with Crippen LogP contribution in [0, 0.1) is 11.8 Å². The van der Waals surface area contributed by atoms with E-state index in [-0.39, 0.29) is 0 Å². The molecule has 0 spiro atoms. The van der Waals surface area contributed by atoms with E-state index in [2.05, 4.69) is 13.8 Å². The van der Waals surface area contributed by atoms with Gasteiger partial charge in [-0.05, 0) is 43.9 Å². The van der Waals surface area contributed by atoms with Crippen molar-refractivity contribution in [1.29, 1.82) is 0 Å². The Bertz CT molecular complexity index is 200. The first kappa shape index (κ1) is 8.34. The summed E-state index contributed by atoms with van der Waals surface area (Å²) in [6, 6.07) is 0. The smallest absolute Gasteiger partial charge is 0.0226 e. The van der Waals surface area contributed by atoms with E-state index < -0.39 is 0 Å². The van der Waals surface area contributed by atoms with Gasteiger partial charge in [-0.15, -0.1) is 0 Å².